The summed E-state index contributed by atoms with van der Waals surface area (Å²) in [6, 6.07) is 0. The lowest BCUT2D eigenvalue weighted by Crippen LogP contribution is -2.54. The summed E-state index contributed by atoms with van der Waals surface area (Å²) in [6.07, 6.45) is 7.93. The van der Waals surface area contributed by atoms with Gasteiger partial charge in [0.2, 0.25) is 5.78 Å². The van der Waals surface area contributed by atoms with Gasteiger partial charge in [-0.3, -0.25) is 14.4 Å². The molecule has 0 aromatic heterocycles. The molecule has 35 heavy (non-hydrogen) atoms. The van der Waals surface area contributed by atoms with Crippen LogP contribution in [0.5, 0.6) is 0 Å². The molecule has 0 bridgehead atoms. The predicted molar refractivity (Wildman–Crippen MR) is 134 cm³/mol. The molecule has 3 aliphatic carbocycles. The van der Waals surface area contributed by atoms with Gasteiger partial charge in [0.25, 0.3) is 0 Å². The smallest absolute Gasteiger partial charge is 0.372 e. The second-order valence-corrected chi connectivity index (χ2v) is 12.8. The van der Waals surface area contributed by atoms with Crippen molar-refractivity contribution in [1.29, 1.82) is 0 Å². The molecule has 6 heteroatoms. The van der Waals surface area contributed by atoms with Gasteiger partial charge in [0.15, 0.2) is 0 Å². The first-order valence-corrected chi connectivity index (χ1v) is 13.8. The third-order valence-electron chi connectivity index (χ3n) is 10.2. The van der Waals surface area contributed by atoms with Gasteiger partial charge in [0, 0.05) is 24.7 Å². The molecule has 3 rings (SSSR count). The van der Waals surface area contributed by atoms with Crippen molar-refractivity contribution in [2.75, 3.05) is 0 Å². The Kier molecular flexibility index (Phi) is 8.53. The predicted octanol–water partition coefficient (Wildman–Crippen LogP) is 5.85. The van der Waals surface area contributed by atoms with Gasteiger partial charge in [-0.25, -0.2) is 4.79 Å². The van der Waals surface area contributed by atoms with Crippen LogP contribution >= 0.6 is 0 Å². The fourth-order valence-electron chi connectivity index (χ4n) is 8.26. The molecule has 1 N–H and O–H groups in total. The number of carbonyl (C=O) groups is 4. The number of carboxylic acids is 1. The molecule has 0 unspecified atom stereocenters. The highest BCUT2D eigenvalue weighted by molar-refractivity contribution is 6.33. The Bertz CT molecular complexity index is 833. The van der Waals surface area contributed by atoms with E-state index in [9.17, 15) is 24.3 Å². The third-order valence-corrected chi connectivity index (χ3v) is 10.2. The molecule has 0 radical (unpaired) electrons. The van der Waals surface area contributed by atoms with Crippen molar-refractivity contribution in [3.63, 3.8) is 0 Å². The Labute approximate surface area is 210 Å². The summed E-state index contributed by atoms with van der Waals surface area (Å²) in [6.45, 7) is 12.4. The number of carboxylic acid groups (broad SMARTS) is 1. The van der Waals surface area contributed by atoms with Crippen molar-refractivity contribution in [2.24, 2.45) is 46.3 Å². The van der Waals surface area contributed by atoms with E-state index in [1.807, 2.05) is 6.92 Å². The average Bonchev–Trinajstić information content (AvgIpc) is 3.11. The lowest BCUT2D eigenvalue weighted by molar-refractivity contribution is -0.164. The molecule has 0 aliphatic heterocycles. The van der Waals surface area contributed by atoms with Gasteiger partial charge in [-0.1, -0.05) is 53.9 Å². The van der Waals surface area contributed by atoms with Crippen LogP contribution in [0.1, 0.15) is 106 Å². The Morgan fingerprint density at radius 1 is 1.00 bits per heavy atom. The van der Waals surface area contributed by atoms with E-state index in [1.54, 1.807) is 0 Å². The Morgan fingerprint density at radius 2 is 1.69 bits per heavy atom. The average molecular weight is 491 g/mol. The summed E-state index contributed by atoms with van der Waals surface area (Å²) in [5.41, 5.74) is -0.827. The molecule has 3 fully saturated rings. The number of aliphatic carboxylic acids is 1. The Balaban J connectivity index is 1.84. The second-order valence-electron chi connectivity index (χ2n) is 12.8. The maximum Gasteiger partial charge on any atom is 0.372 e. The van der Waals surface area contributed by atoms with E-state index in [4.69, 9.17) is 4.74 Å². The van der Waals surface area contributed by atoms with Gasteiger partial charge in [-0.2, -0.15) is 0 Å². The second kappa shape index (κ2) is 10.7. The first-order valence-electron chi connectivity index (χ1n) is 13.8. The molecule has 0 heterocycles. The van der Waals surface area contributed by atoms with Crippen LogP contribution in [0.15, 0.2) is 0 Å². The van der Waals surface area contributed by atoms with Crippen molar-refractivity contribution in [3.8, 4) is 0 Å². The van der Waals surface area contributed by atoms with Crippen molar-refractivity contribution in [2.45, 2.75) is 112 Å². The summed E-state index contributed by atoms with van der Waals surface area (Å²) in [4.78, 5) is 50.1. The lowest BCUT2D eigenvalue weighted by Gasteiger charge is -2.54. The minimum Gasteiger partial charge on any atom is -0.475 e. The van der Waals surface area contributed by atoms with E-state index in [1.165, 1.54) is 26.2 Å². The Morgan fingerprint density at radius 3 is 2.26 bits per heavy atom. The number of ether oxygens (including phenoxy) is 1. The van der Waals surface area contributed by atoms with Gasteiger partial charge in [0.1, 0.15) is 11.9 Å². The molecule has 3 aliphatic rings. The number of rotatable bonds is 9. The topological polar surface area (TPSA) is 97.7 Å². The molecule has 0 saturated heterocycles. The van der Waals surface area contributed by atoms with Gasteiger partial charge >= 0.3 is 11.9 Å². The summed E-state index contributed by atoms with van der Waals surface area (Å²) < 4.78 is 5.31. The number of ketones is 2. The van der Waals surface area contributed by atoms with Crippen LogP contribution in [0.2, 0.25) is 0 Å². The van der Waals surface area contributed by atoms with E-state index in [-0.39, 0.29) is 29.5 Å². The van der Waals surface area contributed by atoms with Crippen LogP contribution in [0, 0.1) is 46.3 Å². The zero-order valence-electron chi connectivity index (χ0n) is 22.6. The first-order chi connectivity index (χ1) is 16.3. The molecule has 198 valence electrons. The molecular formula is C29H46O6. The van der Waals surface area contributed by atoms with Crippen LogP contribution in [0.4, 0.5) is 0 Å². The lowest BCUT2D eigenvalue weighted by atomic mass is 9.49. The van der Waals surface area contributed by atoms with Crippen molar-refractivity contribution < 1.29 is 29.0 Å². The maximum atomic E-state index is 13.4. The largest absolute Gasteiger partial charge is 0.475 e. The SMILES string of the molecule is CC(=O)O[C@H]1CC[C@](C)([C@H]2CC[C@]3(C)[C@@H]([C@@H](C)CCCC(C)C)CC[C@H]3[C@@H]2C(=O)C(=O)O)C(=O)C1. The summed E-state index contributed by atoms with van der Waals surface area (Å²) in [5.74, 6) is -1.66. The standard InChI is InChI=1S/C29H46O6/c1-17(2)8-7-9-18(3)21-10-11-22-25(26(32)27(33)34)23(13-15-28(21,22)5)29(6)14-12-20(16-24(29)31)35-19(4)30/h17-18,20-23,25H,7-16H2,1-6H3,(H,33,34)/t18-,20-,21+,22-,23-,25-,28+,29+/m0/s1. The molecular weight excluding hydrogens is 444 g/mol. The van der Waals surface area contributed by atoms with Gasteiger partial charge in [0.05, 0.1) is 0 Å². The van der Waals surface area contributed by atoms with Gasteiger partial charge in [-0.15, -0.1) is 0 Å². The van der Waals surface area contributed by atoms with E-state index in [0.29, 0.717) is 37.0 Å². The van der Waals surface area contributed by atoms with Crippen LogP contribution in [-0.4, -0.2) is 34.7 Å². The first kappa shape index (κ1) is 27.9. The summed E-state index contributed by atoms with van der Waals surface area (Å²) in [5, 5.41) is 9.80. The fourth-order valence-corrected chi connectivity index (χ4v) is 8.26. The molecule has 0 aromatic carbocycles. The molecule has 8 atom stereocenters. The number of hydrogen-bond donors (Lipinski definition) is 1. The highest BCUT2D eigenvalue weighted by Crippen LogP contribution is 2.64. The molecule has 6 nitrogen and oxygen atoms in total. The highest BCUT2D eigenvalue weighted by Gasteiger charge is 2.61. The van der Waals surface area contributed by atoms with E-state index < -0.39 is 35.2 Å². The monoisotopic (exact) mass is 490 g/mol. The van der Waals surface area contributed by atoms with Crippen LogP contribution in [0.3, 0.4) is 0 Å². The third kappa shape index (κ3) is 5.51. The van der Waals surface area contributed by atoms with Crippen LogP contribution in [-0.2, 0) is 23.9 Å². The molecule has 0 amide bonds. The number of hydrogen-bond acceptors (Lipinski definition) is 5. The minimum absolute atomic E-state index is 0.00165. The Hall–Kier alpha value is -1.72. The number of fused-ring (bicyclic) bond motifs is 1. The molecule has 3 saturated carbocycles. The quantitative estimate of drug-likeness (QED) is 0.321. The minimum atomic E-state index is -1.37. The number of Topliss-reactive ketones (excluding diaryl/α,β-unsaturated/α-hetero) is 2. The van der Waals surface area contributed by atoms with Gasteiger partial charge < -0.3 is 9.84 Å². The van der Waals surface area contributed by atoms with E-state index in [2.05, 4.69) is 27.7 Å². The van der Waals surface area contributed by atoms with Crippen molar-refractivity contribution in [3.05, 3.63) is 0 Å². The molecule has 0 aromatic rings. The summed E-state index contributed by atoms with van der Waals surface area (Å²) >= 11 is 0. The zero-order valence-corrected chi connectivity index (χ0v) is 22.6. The van der Waals surface area contributed by atoms with Gasteiger partial charge in [-0.05, 0) is 73.5 Å². The zero-order chi connectivity index (χ0) is 26.1. The fraction of sp³-hybridized carbons (Fsp3) is 0.862. The van der Waals surface area contributed by atoms with E-state index >= 15 is 0 Å². The normalized spacial score (nSPS) is 38.1. The van der Waals surface area contributed by atoms with Crippen LogP contribution < -0.4 is 0 Å². The van der Waals surface area contributed by atoms with Crippen molar-refractivity contribution in [1.82, 2.24) is 0 Å². The van der Waals surface area contributed by atoms with Crippen LogP contribution in [0.25, 0.3) is 0 Å². The molecule has 0 spiro atoms. The van der Waals surface area contributed by atoms with E-state index in [0.717, 1.165) is 19.3 Å². The van der Waals surface area contributed by atoms with Crippen molar-refractivity contribution >= 4 is 23.5 Å². The maximum absolute atomic E-state index is 13.4. The number of carbonyl (C=O) groups excluding carboxylic acids is 3. The summed E-state index contributed by atoms with van der Waals surface area (Å²) in [7, 11) is 0. The highest BCUT2D eigenvalue weighted by atomic mass is 16.5. The number of esters is 1.